The molecule has 4 rings (SSSR count). The first kappa shape index (κ1) is 44.5. The van der Waals surface area contributed by atoms with Gasteiger partial charge in [-0.15, -0.1) is 0 Å². The Kier molecular flexibility index (Phi) is 15.7. The summed E-state index contributed by atoms with van der Waals surface area (Å²) in [5.41, 5.74) is 3.81. The van der Waals surface area contributed by atoms with Crippen LogP contribution >= 0.6 is 0 Å². The van der Waals surface area contributed by atoms with Crippen molar-refractivity contribution in [1.82, 2.24) is 10.6 Å². The average Bonchev–Trinajstić information content (AvgIpc) is 3.15. The summed E-state index contributed by atoms with van der Waals surface area (Å²) in [5, 5.41) is 6.15. The highest BCUT2D eigenvalue weighted by Crippen LogP contribution is 2.42. The molecule has 0 fully saturated rings. The zero-order valence-electron chi connectivity index (χ0n) is 35.1. The maximum atomic E-state index is 13.9. The van der Waals surface area contributed by atoms with Gasteiger partial charge in [-0.2, -0.15) is 0 Å². The number of benzene rings is 4. The molecule has 0 radical (unpaired) electrons. The van der Waals surface area contributed by atoms with Crippen LogP contribution in [0.1, 0.15) is 63.8 Å². The Labute approximate surface area is 338 Å². The zero-order valence-corrected chi connectivity index (χ0v) is 37.1. The molecule has 0 spiro atoms. The molecule has 302 valence electrons. The summed E-state index contributed by atoms with van der Waals surface area (Å²) in [6.45, 7) is 22.3. The SMILES string of the molecule is CC(C)(C)[Si](C)(C)O[C@H]([C@@H](O[Si](C)(C)C(C)(C)C)[C@@H](Cc1ccccc1)NC(=O)OCc1ccccc1)[C@@H](Cc1ccccc1)NC(=O)OCc1ccccc1. The van der Waals surface area contributed by atoms with E-state index in [-0.39, 0.29) is 23.3 Å². The van der Waals surface area contributed by atoms with Crippen LogP contribution in [0.15, 0.2) is 121 Å². The average molecular weight is 797 g/mol. The van der Waals surface area contributed by atoms with E-state index in [0.717, 1.165) is 22.3 Å². The summed E-state index contributed by atoms with van der Waals surface area (Å²) >= 11 is 0. The lowest BCUT2D eigenvalue weighted by Gasteiger charge is -2.49. The fraction of sp³-hybridized carbons (Fsp3) is 0.435. The summed E-state index contributed by atoms with van der Waals surface area (Å²) in [6.07, 6.45) is -1.66. The molecule has 56 heavy (non-hydrogen) atoms. The maximum Gasteiger partial charge on any atom is 0.407 e. The number of nitrogens with one attached hydrogen (secondary N) is 2. The first-order valence-corrected chi connectivity index (χ1v) is 25.5. The van der Waals surface area contributed by atoms with Gasteiger partial charge in [0, 0.05) is 0 Å². The molecular weight excluding hydrogens is 733 g/mol. The maximum absolute atomic E-state index is 13.9. The lowest BCUT2D eigenvalue weighted by atomic mass is 9.91. The molecule has 0 aliphatic rings. The molecule has 0 aliphatic heterocycles. The van der Waals surface area contributed by atoms with Crippen LogP contribution in [0.3, 0.4) is 0 Å². The standard InChI is InChI=1S/C46H64N2O6Si2/c1-45(2,3)55(7,8)53-41(39(31-35-23-15-11-16-24-35)47-43(49)51-33-37-27-19-13-20-28-37)42(54-56(9,10)46(4,5)6)40(32-36-25-17-12-18-26-36)48-44(50)52-34-38-29-21-14-22-30-38/h11-30,39-42H,31-34H2,1-10H3,(H,47,49)(H,48,50)/t39-,40-,41+,42+/m1/s1. The Morgan fingerprint density at radius 3 is 1.02 bits per heavy atom. The van der Waals surface area contributed by atoms with Gasteiger partial charge in [-0.1, -0.05) is 163 Å². The smallest absolute Gasteiger partial charge is 0.407 e. The second-order valence-electron chi connectivity index (χ2n) is 17.7. The van der Waals surface area contributed by atoms with E-state index in [1.807, 2.05) is 97.1 Å². The van der Waals surface area contributed by atoms with Crippen LogP contribution in [-0.2, 0) is 44.4 Å². The third kappa shape index (κ3) is 13.5. The molecule has 8 nitrogen and oxygen atoms in total. The molecule has 4 aromatic rings. The van der Waals surface area contributed by atoms with Gasteiger partial charge in [0.05, 0.1) is 24.3 Å². The van der Waals surface area contributed by atoms with Crippen molar-refractivity contribution >= 4 is 28.8 Å². The summed E-state index contributed by atoms with van der Waals surface area (Å²) in [7, 11) is -5.18. The number of hydrogen-bond acceptors (Lipinski definition) is 6. The molecule has 10 heteroatoms. The van der Waals surface area contributed by atoms with Crippen molar-refractivity contribution in [1.29, 1.82) is 0 Å². The van der Waals surface area contributed by atoms with Crippen LogP contribution in [0.4, 0.5) is 9.59 Å². The molecule has 4 atom stereocenters. The van der Waals surface area contributed by atoms with Gasteiger partial charge in [0.1, 0.15) is 13.2 Å². The molecule has 2 N–H and O–H groups in total. The van der Waals surface area contributed by atoms with Gasteiger partial charge in [0.15, 0.2) is 16.6 Å². The van der Waals surface area contributed by atoms with Gasteiger partial charge >= 0.3 is 12.2 Å². The molecule has 4 aromatic carbocycles. The number of amides is 2. The molecule has 2 amide bonds. The highest BCUT2D eigenvalue weighted by molar-refractivity contribution is 6.74. The van der Waals surface area contributed by atoms with E-state index in [1.54, 1.807) is 0 Å². The van der Waals surface area contributed by atoms with Crippen LogP contribution in [0.2, 0.25) is 36.3 Å². The Hall–Kier alpha value is -4.23. The second-order valence-corrected chi connectivity index (χ2v) is 27.2. The molecule has 0 saturated heterocycles. The van der Waals surface area contributed by atoms with E-state index >= 15 is 0 Å². The summed E-state index contributed by atoms with van der Waals surface area (Å²) < 4.78 is 26.8. The van der Waals surface area contributed by atoms with E-state index in [9.17, 15) is 9.59 Å². The normalized spacial score (nSPS) is 14.5. The molecule has 0 aromatic heterocycles. The van der Waals surface area contributed by atoms with Crippen molar-refractivity contribution in [2.45, 2.75) is 128 Å². The lowest BCUT2D eigenvalue weighted by Crippen LogP contribution is -2.64. The number of carbonyl (C=O) groups is 2. The Morgan fingerprint density at radius 1 is 0.482 bits per heavy atom. The highest BCUT2D eigenvalue weighted by atomic mass is 28.4. The second kappa shape index (κ2) is 19.8. The first-order chi connectivity index (χ1) is 26.3. The van der Waals surface area contributed by atoms with Crippen LogP contribution in [0.25, 0.3) is 0 Å². The van der Waals surface area contributed by atoms with Crippen molar-refractivity contribution in [2.75, 3.05) is 0 Å². The zero-order chi connectivity index (χ0) is 41.0. The van der Waals surface area contributed by atoms with Crippen molar-refractivity contribution < 1.29 is 27.9 Å². The lowest BCUT2D eigenvalue weighted by molar-refractivity contribution is -0.00950. The Bertz CT molecular complexity index is 1650. The summed E-state index contributed by atoms with van der Waals surface area (Å²) in [4.78, 5) is 27.8. The number of ether oxygens (including phenoxy) is 2. The fourth-order valence-electron chi connectivity index (χ4n) is 5.86. The number of carbonyl (C=O) groups excluding carboxylic acids is 2. The predicted octanol–water partition coefficient (Wildman–Crippen LogP) is 10.8. The topological polar surface area (TPSA) is 95.1 Å². The van der Waals surface area contributed by atoms with Crippen LogP contribution in [-0.4, -0.2) is 53.1 Å². The van der Waals surface area contributed by atoms with Gasteiger partial charge in [-0.25, -0.2) is 9.59 Å². The molecule has 0 unspecified atom stereocenters. The molecular formula is C46H64N2O6Si2. The van der Waals surface area contributed by atoms with Gasteiger partial charge < -0.3 is 29.0 Å². The largest absolute Gasteiger partial charge is 0.445 e. The summed E-state index contributed by atoms with van der Waals surface area (Å²) in [6, 6.07) is 38.2. The van der Waals surface area contributed by atoms with Crippen LogP contribution < -0.4 is 10.6 Å². The minimum absolute atomic E-state index is 0.119. The quantitative estimate of drug-likeness (QED) is 0.103. The van der Waals surface area contributed by atoms with Gasteiger partial charge in [-0.3, -0.25) is 0 Å². The summed E-state index contributed by atoms with van der Waals surface area (Å²) in [5.74, 6) is 0. The van der Waals surface area contributed by atoms with Crippen molar-refractivity contribution in [3.05, 3.63) is 144 Å². The molecule has 0 bridgehead atoms. The predicted molar refractivity (Wildman–Crippen MR) is 232 cm³/mol. The number of rotatable bonds is 17. The monoisotopic (exact) mass is 796 g/mol. The highest BCUT2D eigenvalue weighted by Gasteiger charge is 2.49. The van der Waals surface area contributed by atoms with Crippen LogP contribution in [0, 0.1) is 0 Å². The van der Waals surface area contributed by atoms with E-state index in [0.29, 0.717) is 12.8 Å². The Balaban J connectivity index is 1.86. The fourth-order valence-corrected chi connectivity index (χ4v) is 8.52. The molecule has 0 saturated carbocycles. The van der Waals surface area contributed by atoms with Crippen molar-refractivity contribution in [3.63, 3.8) is 0 Å². The van der Waals surface area contributed by atoms with Crippen molar-refractivity contribution in [3.8, 4) is 0 Å². The third-order valence-electron chi connectivity index (χ3n) is 11.2. The van der Waals surface area contributed by atoms with E-state index < -0.39 is 53.1 Å². The molecule has 0 heterocycles. The van der Waals surface area contributed by atoms with Crippen LogP contribution in [0.5, 0.6) is 0 Å². The van der Waals surface area contributed by atoms with E-state index in [1.165, 1.54) is 0 Å². The minimum Gasteiger partial charge on any atom is -0.445 e. The van der Waals surface area contributed by atoms with Gasteiger partial charge in [0.2, 0.25) is 0 Å². The minimum atomic E-state index is -2.59. The number of hydrogen-bond donors (Lipinski definition) is 2. The first-order valence-electron chi connectivity index (χ1n) is 19.7. The van der Waals surface area contributed by atoms with E-state index in [2.05, 4.69) is 103 Å². The number of alkyl carbamates (subject to hydrolysis) is 2. The van der Waals surface area contributed by atoms with E-state index in [4.69, 9.17) is 18.3 Å². The third-order valence-corrected chi connectivity index (χ3v) is 20.2. The van der Waals surface area contributed by atoms with Crippen molar-refractivity contribution in [2.24, 2.45) is 0 Å². The molecule has 0 aliphatic carbocycles. The van der Waals surface area contributed by atoms with Gasteiger partial charge in [0.25, 0.3) is 0 Å². The Morgan fingerprint density at radius 2 is 0.750 bits per heavy atom. The van der Waals surface area contributed by atoms with Gasteiger partial charge in [-0.05, 0) is 71.4 Å².